The third-order valence-electron chi connectivity index (χ3n) is 1.51. The van der Waals surface area contributed by atoms with Gasteiger partial charge in [-0.3, -0.25) is 0 Å². The van der Waals surface area contributed by atoms with Crippen LogP contribution in [-0.4, -0.2) is 12.6 Å². The van der Waals surface area contributed by atoms with E-state index in [0.717, 1.165) is 18.9 Å². The maximum Gasteiger partial charge on any atom is 0.0221 e. The van der Waals surface area contributed by atoms with E-state index in [2.05, 4.69) is 45.2 Å². The van der Waals surface area contributed by atoms with Crippen LogP contribution in [0.1, 0.15) is 34.1 Å². The molecule has 11 heavy (non-hydrogen) atoms. The molecule has 0 spiro atoms. The van der Waals surface area contributed by atoms with Gasteiger partial charge >= 0.3 is 0 Å². The summed E-state index contributed by atoms with van der Waals surface area (Å²) in [4.78, 5) is 0. The summed E-state index contributed by atoms with van der Waals surface area (Å²) in [5.41, 5.74) is 0. The summed E-state index contributed by atoms with van der Waals surface area (Å²) in [7, 11) is 0. The van der Waals surface area contributed by atoms with Crippen LogP contribution in [0, 0.1) is 5.92 Å². The molecular weight excluding hydrogens is 134 g/mol. The van der Waals surface area contributed by atoms with Crippen LogP contribution < -0.4 is 5.32 Å². The van der Waals surface area contributed by atoms with Gasteiger partial charge in [0.15, 0.2) is 0 Å². The SMILES string of the molecule is CC/C=C\C(C)NCC(C)C. The molecule has 0 saturated carbocycles. The van der Waals surface area contributed by atoms with Crippen LogP contribution in [0.15, 0.2) is 12.2 Å². The molecule has 1 N–H and O–H groups in total. The second-order valence-corrected chi connectivity index (χ2v) is 3.43. The van der Waals surface area contributed by atoms with E-state index in [4.69, 9.17) is 0 Å². The topological polar surface area (TPSA) is 12.0 Å². The first-order valence-corrected chi connectivity index (χ1v) is 4.56. The fourth-order valence-electron chi connectivity index (χ4n) is 0.830. The highest BCUT2D eigenvalue weighted by atomic mass is 14.9. The fourth-order valence-corrected chi connectivity index (χ4v) is 0.830. The Kier molecular flexibility index (Phi) is 6.24. The van der Waals surface area contributed by atoms with E-state index in [1.54, 1.807) is 0 Å². The zero-order valence-electron chi connectivity index (χ0n) is 8.22. The maximum atomic E-state index is 3.43. The molecule has 1 heteroatoms. The molecule has 1 nitrogen and oxygen atoms in total. The molecule has 0 rings (SSSR count). The Morgan fingerprint density at radius 1 is 1.27 bits per heavy atom. The average Bonchev–Trinajstić information content (AvgIpc) is 1.97. The number of rotatable bonds is 5. The minimum atomic E-state index is 0.525. The van der Waals surface area contributed by atoms with Crippen molar-refractivity contribution in [2.24, 2.45) is 5.92 Å². The molecule has 1 unspecified atom stereocenters. The van der Waals surface area contributed by atoms with Crippen LogP contribution in [0.3, 0.4) is 0 Å². The van der Waals surface area contributed by atoms with Crippen molar-refractivity contribution in [1.82, 2.24) is 5.32 Å². The molecule has 0 aromatic carbocycles. The van der Waals surface area contributed by atoms with Gasteiger partial charge in [0.25, 0.3) is 0 Å². The Labute approximate surface area is 70.9 Å². The molecule has 0 aliphatic carbocycles. The summed E-state index contributed by atoms with van der Waals surface area (Å²) >= 11 is 0. The molecule has 0 aliphatic rings. The van der Waals surface area contributed by atoms with Crippen LogP contribution in [0.25, 0.3) is 0 Å². The minimum Gasteiger partial charge on any atom is -0.311 e. The molecule has 0 aromatic heterocycles. The van der Waals surface area contributed by atoms with Crippen molar-refractivity contribution in [2.45, 2.75) is 40.2 Å². The lowest BCUT2D eigenvalue weighted by molar-refractivity contribution is 0.527. The van der Waals surface area contributed by atoms with Gasteiger partial charge in [-0.05, 0) is 25.8 Å². The Hall–Kier alpha value is -0.300. The van der Waals surface area contributed by atoms with Crippen molar-refractivity contribution >= 4 is 0 Å². The molecule has 0 radical (unpaired) electrons. The van der Waals surface area contributed by atoms with Crippen LogP contribution in [0.4, 0.5) is 0 Å². The van der Waals surface area contributed by atoms with Gasteiger partial charge in [0.1, 0.15) is 0 Å². The van der Waals surface area contributed by atoms with Crippen LogP contribution in [-0.2, 0) is 0 Å². The average molecular weight is 155 g/mol. The molecule has 0 heterocycles. The summed E-state index contributed by atoms with van der Waals surface area (Å²) in [5.74, 6) is 0.743. The smallest absolute Gasteiger partial charge is 0.0221 e. The number of allylic oxidation sites excluding steroid dienone is 1. The molecular formula is C10H21N. The van der Waals surface area contributed by atoms with E-state index in [0.29, 0.717) is 6.04 Å². The van der Waals surface area contributed by atoms with Gasteiger partial charge < -0.3 is 5.32 Å². The molecule has 0 amide bonds. The summed E-state index contributed by atoms with van der Waals surface area (Å²) in [6.45, 7) is 9.90. The third kappa shape index (κ3) is 7.60. The zero-order chi connectivity index (χ0) is 8.69. The maximum absolute atomic E-state index is 3.43. The van der Waals surface area contributed by atoms with Gasteiger partial charge in [0.05, 0.1) is 0 Å². The van der Waals surface area contributed by atoms with Crippen molar-refractivity contribution in [3.63, 3.8) is 0 Å². The second-order valence-electron chi connectivity index (χ2n) is 3.43. The van der Waals surface area contributed by atoms with Gasteiger partial charge in [0.2, 0.25) is 0 Å². The van der Waals surface area contributed by atoms with Crippen LogP contribution >= 0.6 is 0 Å². The first kappa shape index (κ1) is 10.7. The Balaban J connectivity index is 3.36. The zero-order valence-corrected chi connectivity index (χ0v) is 8.22. The predicted octanol–water partition coefficient (Wildman–Crippen LogP) is 2.59. The van der Waals surface area contributed by atoms with Crippen molar-refractivity contribution in [2.75, 3.05) is 6.54 Å². The van der Waals surface area contributed by atoms with Crippen LogP contribution in [0.5, 0.6) is 0 Å². The lowest BCUT2D eigenvalue weighted by atomic mass is 10.2. The molecule has 1 atom stereocenters. The second kappa shape index (κ2) is 6.41. The van der Waals surface area contributed by atoms with E-state index >= 15 is 0 Å². The quantitative estimate of drug-likeness (QED) is 0.602. The predicted molar refractivity (Wildman–Crippen MR) is 51.7 cm³/mol. The van der Waals surface area contributed by atoms with Crippen molar-refractivity contribution in [3.8, 4) is 0 Å². The van der Waals surface area contributed by atoms with Gasteiger partial charge in [-0.2, -0.15) is 0 Å². The van der Waals surface area contributed by atoms with E-state index in [9.17, 15) is 0 Å². The Morgan fingerprint density at radius 3 is 2.36 bits per heavy atom. The number of nitrogens with one attached hydrogen (secondary N) is 1. The van der Waals surface area contributed by atoms with Crippen molar-refractivity contribution in [1.29, 1.82) is 0 Å². The number of hydrogen-bond donors (Lipinski definition) is 1. The monoisotopic (exact) mass is 155 g/mol. The number of hydrogen-bond acceptors (Lipinski definition) is 1. The normalized spacial score (nSPS) is 14.6. The standard InChI is InChI=1S/C10H21N/c1-5-6-7-10(4)11-8-9(2)3/h6-7,9-11H,5,8H2,1-4H3/b7-6-. The Morgan fingerprint density at radius 2 is 1.91 bits per heavy atom. The van der Waals surface area contributed by atoms with E-state index < -0.39 is 0 Å². The van der Waals surface area contributed by atoms with Gasteiger partial charge in [0, 0.05) is 6.04 Å². The van der Waals surface area contributed by atoms with Crippen molar-refractivity contribution in [3.05, 3.63) is 12.2 Å². The molecule has 0 fully saturated rings. The van der Waals surface area contributed by atoms with E-state index in [1.165, 1.54) is 0 Å². The largest absolute Gasteiger partial charge is 0.311 e. The fraction of sp³-hybridized carbons (Fsp3) is 0.800. The first-order valence-electron chi connectivity index (χ1n) is 4.56. The minimum absolute atomic E-state index is 0.525. The summed E-state index contributed by atoms with van der Waals surface area (Å²) in [6, 6.07) is 0.525. The highest BCUT2D eigenvalue weighted by Gasteiger charge is 1.96. The molecule has 66 valence electrons. The van der Waals surface area contributed by atoms with Crippen LogP contribution in [0.2, 0.25) is 0 Å². The molecule has 0 saturated heterocycles. The lowest BCUT2D eigenvalue weighted by Gasteiger charge is -2.11. The van der Waals surface area contributed by atoms with Gasteiger partial charge in [-0.25, -0.2) is 0 Å². The van der Waals surface area contributed by atoms with Gasteiger partial charge in [-0.15, -0.1) is 0 Å². The molecule has 0 aromatic rings. The summed E-state index contributed by atoms with van der Waals surface area (Å²) in [5, 5.41) is 3.43. The molecule has 0 bridgehead atoms. The highest BCUT2D eigenvalue weighted by molar-refractivity contribution is 4.89. The molecule has 0 aliphatic heterocycles. The third-order valence-corrected chi connectivity index (χ3v) is 1.51. The first-order chi connectivity index (χ1) is 5.16. The van der Waals surface area contributed by atoms with E-state index in [-0.39, 0.29) is 0 Å². The van der Waals surface area contributed by atoms with Gasteiger partial charge in [-0.1, -0.05) is 32.9 Å². The van der Waals surface area contributed by atoms with E-state index in [1.807, 2.05) is 0 Å². The lowest BCUT2D eigenvalue weighted by Crippen LogP contribution is -2.27. The summed E-state index contributed by atoms with van der Waals surface area (Å²) in [6.07, 6.45) is 5.56. The highest BCUT2D eigenvalue weighted by Crippen LogP contribution is 1.91. The Bertz CT molecular complexity index is 105. The summed E-state index contributed by atoms with van der Waals surface area (Å²) < 4.78 is 0. The van der Waals surface area contributed by atoms with Crippen molar-refractivity contribution < 1.29 is 0 Å².